The fourth-order valence-corrected chi connectivity index (χ4v) is 2.73. The minimum absolute atomic E-state index is 0.112. The molecule has 0 fully saturated rings. The lowest BCUT2D eigenvalue weighted by atomic mass is 9.83. The largest absolute Gasteiger partial charge is 0.497 e. The number of rotatable bonds is 3. The van der Waals surface area contributed by atoms with Gasteiger partial charge in [-0.3, -0.25) is 0 Å². The summed E-state index contributed by atoms with van der Waals surface area (Å²) in [6.07, 6.45) is 0. The second-order valence-corrected chi connectivity index (χ2v) is 5.11. The highest BCUT2D eigenvalue weighted by atomic mass is 16.5. The van der Waals surface area contributed by atoms with E-state index < -0.39 is 0 Å². The molecule has 2 N–H and O–H groups in total. The summed E-state index contributed by atoms with van der Waals surface area (Å²) in [7, 11) is 3.20. The number of hydrogen-bond donors (Lipinski definition) is 1. The van der Waals surface area contributed by atoms with E-state index in [1.807, 2.05) is 36.4 Å². The predicted octanol–water partition coefficient (Wildman–Crippen LogP) is 2.92. The smallest absolute Gasteiger partial charge is 0.205 e. The Morgan fingerprint density at radius 2 is 1.83 bits per heavy atom. The standard InChI is InChI=1S/C18H16N2O3/c1-21-12-5-3-4-11(8-12)17-14-7-6-13(22-2)9-16(14)23-18(20)15(17)10-19/h3-9,17H,20H2,1-2H3. The Kier molecular flexibility index (Phi) is 3.82. The first kappa shape index (κ1) is 14.8. The van der Waals surface area contributed by atoms with Gasteiger partial charge in [-0.25, -0.2) is 0 Å². The van der Waals surface area contributed by atoms with Gasteiger partial charge in [0.25, 0.3) is 0 Å². The van der Waals surface area contributed by atoms with E-state index in [1.165, 1.54) is 0 Å². The summed E-state index contributed by atoms with van der Waals surface area (Å²) >= 11 is 0. The fourth-order valence-electron chi connectivity index (χ4n) is 2.73. The average molecular weight is 308 g/mol. The lowest BCUT2D eigenvalue weighted by molar-refractivity contribution is 0.380. The van der Waals surface area contributed by atoms with Gasteiger partial charge in [0.15, 0.2) is 0 Å². The summed E-state index contributed by atoms with van der Waals surface area (Å²) in [4.78, 5) is 0. The average Bonchev–Trinajstić information content (AvgIpc) is 2.59. The van der Waals surface area contributed by atoms with Crippen LogP contribution in [0.3, 0.4) is 0 Å². The van der Waals surface area contributed by atoms with Crippen molar-refractivity contribution >= 4 is 0 Å². The monoisotopic (exact) mass is 308 g/mol. The molecule has 0 bridgehead atoms. The lowest BCUT2D eigenvalue weighted by Gasteiger charge is -2.26. The SMILES string of the molecule is COc1cccc(C2C(C#N)=C(N)Oc3cc(OC)ccc32)c1. The first-order chi connectivity index (χ1) is 11.2. The molecule has 5 nitrogen and oxygen atoms in total. The van der Waals surface area contributed by atoms with Gasteiger partial charge in [-0.05, 0) is 23.8 Å². The summed E-state index contributed by atoms with van der Waals surface area (Å²) in [5.41, 5.74) is 8.12. The van der Waals surface area contributed by atoms with Crippen molar-refractivity contribution in [3.63, 3.8) is 0 Å². The number of nitrogens with two attached hydrogens (primary N) is 1. The molecule has 0 saturated heterocycles. The van der Waals surface area contributed by atoms with Gasteiger partial charge in [-0.15, -0.1) is 0 Å². The topological polar surface area (TPSA) is 77.5 Å². The molecular formula is C18H16N2O3. The molecule has 0 aliphatic carbocycles. The second kappa shape index (κ2) is 5.93. The molecule has 2 aromatic rings. The van der Waals surface area contributed by atoms with Crippen LogP contribution in [0, 0.1) is 11.3 Å². The maximum Gasteiger partial charge on any atom is 0.205 e. The third kappa shape index (κ3) is 2.55. The van der Waals surface area contributed by atoms with Gasteiger partial charge in [-0.2, -0.15) is 5.26 Å². The molecule has 1 aliphatic rings. The molecule has 0 radical (unpaired) electrons. The Bertz CT molecular complexity index is 821. The molecule has 23 heavy (non-hydrogen) atoms. The Morgan fingerprint density at radius 1 is 1.09 bits per heavy atom. The quantitative estimate of drug-likeness (QED) is 0.943. The Hall–Kier alpha value is -3.13. The highest BCUT2D eigenvalue weighted by Gasteiger charge is 2.31. The summed E-state index contributed by atoms with van der Waals surface area (Å²) in [5, 5.41) is 9.52. The summed E-state index contributed by atoms with van der Waals surface area (Å²) in [6, 6.07) is 15.2. The van der Waals surface area contributed by atoms with Crippen molar-refractivity contribution in [1.82, 2.24) is 0 Å². The molecule has 0 aromatic heterocycles. The van der Waals surface area contributed by atoms with E-state index in [1.54, 1.807) is 20.3 Å². The molecule has 0 saturated carbocycles. The Balaban J connectivity index is 2.19. The van der Waals surface area contributed by atoms with Crippen LogP contribution in [-0.2, 0) is 0 Å². The number of allylic oxidation sites excluding steroid dienone is 1. The van der Waals surface area contributed by atoms with E-state index in [0.717, 1.165) is 16.9 Å². The van der Waals surface area contributed by atoms with Crippen LogP contribution >= 0.6 is 0 Å². The number of benzene rings is 2. The molecule has 1 heterocycles. The third-order valence-corrected chi connectivity index (χ3v) is 3.85. The van der Waals surface area contributed by atoms with Crippen molar-refractivity contribution in [3.05, 3.63) is 65.0 Å². The minimum Gasteiger partial charge on any atom is -0.497 e. The molecule has 5 heteroatoms. The van der Waals surface area contributed by atoms with E-state index in [9.17, 15) is 5.26 Å². The minimum atomic E-state index is -0.301. The second-order valence-electron chi connectivity index (χ2n) is 5.11. The van der Waals surface area contributed by atoms with Crippen LogP contribution in [0.2, 0.25) is 0 Å². The predicted molar refractivity (Wildman–Crippen MR) is 85.3 cm³/mol. The van der Waals surface area contributed by atoms with Crippen molar-refractivity contribution in [3.8, 4) is 23.3 Å². The molecule has 0 amide bonds. The molecule has 1 aliphatic heterocycles. The molecule has 1 atom stereocenters. The summed E-state index contributed by atoms with van der Waals surface area (Å²) in [5.74, 6) is 1.79. The number of nitrogens with zero attached hydrogens (tertiary/aromatic N) is 1. The van der Waals surface area contributed by atoms with E-state index >= 15 is 0 Å². The van der Waals surface area contributed by atoms with Crippen LogP contribution in [0.15, 0.2) is 53.9 Å². The third-order valence-electron chi connectivity index (χ3n) is 3.85. The normalized spacial score (nSPS) is 16.1. The molecule has 116 valence electrons. The lowest BCUT2D eigenvalue weighted by Crippen LogP contribution is -2.21. The zero-order valence-corrected chi connectivity index (χ0v) is 12.9. The fraction of sp³-hybridized carbons (Fsp3) is 0.167. The maximum atomic E-state index is 9.52. The van der Waals surface area contributed by atoms with Gasteiger partial charge in [-0.1, -0.05) is 18.2 Å². The van der Waals surface area contributed by atoms with Crippen LogP contribution in [0.25, 0.3) is 0 Å². The molecule has 3 rings (SSSR count). The Labute approximate surface area is 134 Å². The van der Waals surface area contributed by atoms with E-state index in [-0.39, 0.29) is 11.8 Å². The van der Waals surface area contributed by atoms with E-state index in [0.29, 0.717) is 17.1 Å². The van der Waals surface area contributed by atoms with Gasteiger partial charge >= 0.3 is 0 Å². The van der Waals surface area contributed by atoms with E-state index in [2.05, 4.69) is 6.07 Å². The highest BCUT2D eigenvalue weighted by Crippen LogP contribution is 2.43. The van der Waals surface area contributed by atoms with Gasteiger partial charge < -0.3 is 19.9 Å². The number of nitriles is 1. The van der Waals surface area contributed by atoms with Crippen LogP contribution in [0.1, 0.15) is 17.0 Å². The van der Waals surface area contributed by atoms with Gasteiger partial charge in [0, 0.05) is 11.6 Å². The number of ether oxygens (including phenoxy) is 3. The van der Waals surface area contributed by atoms with Crippen molar-refractivity contribution < 1.29 is 14.2 Å². The van der Waals surface area contributed by atoms with Gasteiger partial charge in [0.1, 0.15) is 28.9 Å². The highest BCUT2D eigenvalue weighted by molar-refractivity contribution is 5.57. The first-order valence-electron chi connectivity index (χ1n) is 7.07. The molecule has 0 spiro atoms. The summed E-state index contributed by atoms with van der Waals surface area (Å²) < 4.78 is 16.1. The zero-order valence-electron chi connectivity index (χ0n) is 12.9. The van der Waals surface area contributed by atoms with Crippen LogP contribution in [0.4, 0.5) is 0 Å². The maximum absolute atomic E-state index is 9.52. The van der Waals surface area contributed by atoms with Gasteiger partial charge in [0.2, 0.25) is 5.88 Å². The first-order valence-corrected chi connectivity index (χ1v) is 7.07. The van der Waals surface area contributed by atoms with Crippen LogP contribution in [-0.4, -0.2) is 14.2 Å². The molecule has 1 unspecified atom stereocenters. The Morgan fingerprint density at radius 3 is 2.52 bits per heavy atom. The number of hydrogen-bond acceptors (Lipinski definition) is 5. The summed E-state index contributed by atoms with van der Waals surface area (Å²) in [6.45, 7) is 0. The number of fused-ring (bicyclic) bond motifs is 1. The zero-order chi connectivity index (χ0) is 16.4. The van der Waals surface area contributed by atoms with E-state index in [4.69, 9.17) is 19.9 Å². The van der Waals surface area contributed by atoms with Crippen LogP contribution in [0.5, 0.6) is 17.2 Å². The van der Waals surface area contributed by atoms with Crippen molar-refractivity contribution in [1.29, 1.82) is 5.26 Å². The molecular weight excluding hydrogens is 292 g/mol. The van der Waals surface area contributed by atoms with Gasteiger partial charge in [0.05, 0.1) is 20.1 Å². The number of methoxy groups -OCH3 is 2. The van der Waals surface area contributed by atoms with Crippen molar-refractivity contribution in [2.45, 2.75) is 5.92 Å². The van der Waals surface area contributed by atoms with Crippen molar-refractivity contribution in [2.75, 3.05) is 14.2 Å². The molecule has 2 aromatic carbocycles. The van der Waals surface area contributed by atoms with Crippen molar-refractivity contribution in [2.24, 2.45) is 5.73 Å². The van der Waals surface area contributed by atoms with Crippen LogP contribution < -0.4 is 19.9 Å².